The first-order valence-electron chi connectivity index (χ1n) is 10.2. The molecule has 0 bridgehead atoms. The molecule has 0 spiro atoms. The van der Waals surface area contributed by atoms with E-state index in [1.807, 2.05) is 24.0 Å². The van der Waals surface area contributed by atoms with Crippen LogP contribution >= 0.6 is 0 Å². The normalized spacial score (nSPS) is 21.1. The van der Waals surface area contributed by atoms with E-state index in [2.05, 4.69) is 25.7 Å². The van der Waals surface area contributed by atoms with Crippen molar-refractivity contribution in [2.45, 2.75) is 56.9 Å². The summed E-state index contributed by atoms with van der Waals surface area (Å²) >= 11 is 0. The third-order valence-electron chi connectivity index (χ3n) is 5.93. The third kappa shape index (κ3) is 4.42. The second-order valence-corrected chi connectivity index (χ2v) is 10.9. The third-order valence-corrected chi connectivity index (χ3v) is 7.83. The number of rotatable bonds is 4. The van der Waals surface area contributed by atoms with Gasteiger partial charge >= 0.3 is 0 Å². The topological polar surface area (TPSA) is 60.9 Å². The van der Waals surface area contributed by atoms with E-state index in [1.165, 1.54) is 0 Å². The van der Waals surface area contributed by atoms with Gasteiger partial charge in [-0.15, -0.1) is 0 Å². The van der Waals surface area contributed by atoms with Crippen LogP contribution in [0, 0.1) is 0 Å². The molecule has 1 amide bonds. The molecule has 1 unspecified atom stereocenters. The fraction of sp³-hybridized carbons (Fsp3) is 0.667. The number of piperazine rings is 1. The molecule has 3 rings (SSSR count). The van der Waals surface area contributed by atoms with Gasteiger partial charge in [0.05, 0.1) is 10.9 Å². The number of nitrogens with zero attached hydrogens (tertiary/aromatic N) is 3. The highest BCUT2D eigenvalue weighted by atomic mass is 32.2. The fourth-order valence-electron chi connectivity index (χ4n) is 3.96. The number of carbonyl (C=O) groups is 1. The quantitative estimate of drug-likeness (QED) is 0.768. The molecule has 6 nitrogen and oxygen atoms in total. The van der Waals surface area contributed by atoms with Crippen LogP contribution in [0.25, 0.3) is 0 Å². The molecule has 2 aliphatic heterocycles. The van der Waals surface area contributed by atoms with Gasteiger partial charge in [-0.3, -0.25) is 9.69 Å². The van der Waals surface area contributed by atoms with Crippen molar-refractivity contribution in [2.75, 3.05) is 39.3 Å². The maximum Gasteiger partial charge on any atom is 0.243 e. The number of carbonyl (C=O) groups excluding carboxylic acids is 1. The Kier molecular flexibility index (Phi) is 6.17. The van der Waals surface area contributed by atoms with Crippen LogP contribution < -0.4 is 0 Å². The van der Waals surface area contributed by atoms with Crippen LogP contribution in [0.4, 0.5) is 0 Å². The van der Waals surface area contributed by atoms with Gasteiger partial charge in [0, 0.05) is 39.3 Å². The lowest BCUT2D eigenvalue weighted by atomic mass is 9.87. The van der Waals surface area contributed by atoms with Crippen LogP contribution in [-0.2, 0) is 20.2 Å². The minimum absolute atomic E-state index is 0.102. The molecular weight excluding hydrogens is 374 g/mol. The SMILES string of the molecule is CC(C(=O)N1CCCC1)N1CCN(S(=O)(=O)c2cccc(C(C)(C)C)c2)CC1. The van der Waals surface area contributed by atoms with Gasteiger partial charge in [0.2, 0.25) is 15.9 Å². The molecule has 156 valence electrons. The van der Waals surface area contributed by atoms with Gasteiger partial charge in [0.1, 0.15) is 0 Å². The van der Waals surface area contributed by atoms with Crippen molar-refractivity contribution in [3.8, 4) is 0 Å². The molecule has 0 aromatic heterocycles. The van der Waals surface area contributed by atoms with Crippen molar-refractivity contribution in [2.24, 2.45) is 0 Å². The largest absolute Gasteiger partial charge is 0.341 e. The predicted molar refractivity (Wildman–Crippen MR) is 111 cm³/mol. The fourth-order valence-corrected chi connectivity index (χ4v) is 5.43. The lowest BCUT2D eigenvalue weighted by molar-refractivity contribution is -0.135. The molecule has 2 saturated heterocycles. The average Bonchev–Trinajstić information content (AvgIpc) is 3.21. The van der Waals surface area contributed by atoms with Crippen molar-refractivity contribution in [1.29, 1.82) is 0 Å². The van der Waals surface area contributed by atoms with Gasteiger partial charge in [-0.1, -0.05) is 32.9 Å². The summed E-state index contributed by atoms with van der Waals surface area (Å²) in [5, 5.41) is 0. The first kappa shape index (κ1) is 21.3. The molecule has 7 heteroatoms. The minimum atomic E-state index is -3.52. The van der Waals surface area contributed by atoms with E-state index in [1.54, 1.807) is 16.4 Å². The highest BCUT2D eigenvalue weighted by Crippen LogP contribution is 2.26. The first-order valence-corrected chi connectivity index (χ1v) is 11.7. The zero-order chi connectivity index (χ0) is 20.5. The molecule has 0 saturated carbocycles. The summed E-state index contributed by atoms with van der Waals surface area (Å²) in [5.74, 6) is 0.173. The Morgan fingerprint density at radius 2 is 1.61 bits per heavy atom. The number of likely N-dealkylation sites (tertiary alicyclic amines) is 1. The van der Waals surface area contributed by atoms with Gasteiger partial charge in [-0.2, -0.15) is 4.31 Å². The second kappa shape index (κ2) is 8.13. The van der Waals surface area contributed by atoms with E-state index >= 15 is 0 Å². The lowest BCUT2D eigenvalue weighted by Gasteiger charge is -2.38. The summed E-state index contributed by atoms with van der Waals surface area (Å²) in [6.45, 7) is 11.9. The van der Waals surface area contributed by atoms with Crippen LogP contribution in [0.2, 0.25) is 0 Å². The monoisotopic (exact) mass is 407 g/mol. The Morgan fingerprint density at radius 1 is 1.00 bits per heavy atom. The molecule has 1 aromatic rings. The van der Waals surface area contributed by atoms with Gasteiger partial charge < -0.3 is 4.90 Å². The molecular formula is C21H33N3O3S. The summed E-state index contributed by atoms with van der Waals surface area (Å²) in [6, 6.07) is 7.08. The van der Waals surface area contributed by atoms with Crippen molar-refractivity contribution in [1.82, 2.24) is 14.1 Å². The van der Waals surface area contributed by atoms with E-state index < -0.39 is 10.0 Å². The van der Waals surface area contributed by atoms with Crippen molar-refractivity contribution >= 4 is 15.9 Å². The predicted octanol–water partition coefficient (Wildman–Crippen LogP) is 2.30. The smallest absolute Gasteiger partial charge is 0.243 e. The molecule has 2 aliphatic rings. The average molecular weight is 408 g/mol. The van der Waals surface area contributed by atoms with Crippen LogP contribution in [-0.4, -0.2) is 73.7 Å². The molecule has 1 atom stereocenters. The molecule has 0 N–H and O–H groups in total. The first-order chi connectivity index (χ1) is 13.1. The van der Waals surface area contributed by atoms with E-state index in [4.69, 9.17) is 0 Å². The summed E-state index contributed by atoms with van der Waals surface area (Å²) < 4.78 is 27.8. The van der Waals surface area contributed by atoms with E-state index in [0.717, 1.165) is 31.5 Å². The zero-order valence-electron chi connectivity index (χ0n) is 17.5. The Hall–Kier alpha value is -1.44. The Morgan fingerprint density at radius 3 is 2.18 bits per heavy atom. The summed E-state index contributed by atoms with van der Waals surface area (Å²) in [6.07, 6.45) is 2.16. The number of benzene rings is 1. The summed E-state index contributed by atoms with van der Waals surface area (Å²) in [4.78, 5) is 17.0. The van der Waals surface area contributed by atoms with Crippen molar-refractivity contribution in [3.63, 3.8) is 0 Å². The number of hydrogen-bond acceptors (Lipinski definition) is 4. The van der Waals surface area contributed by atoms with Crippen LogP contribution in [0.3, 0.4) is 0 Å². The summed E-state index contributed by atoms with van der Waals surface area (Å²) in [7, 11) is -3.52. The van der Waals surface area contributed by atoms with E-state index in [0.29, 0.717) is 31.1 Å². The zero-order valence-corrected chi connectivity index (χ0v) is 18.3. The van der Waals surface area contributed by atoms with Gasteiger partial charge in [0.25, 0.3) is 0 Å². The minimum Gasteiger partial charge on any atom is -0.341 e. The number of hydrogen-bond donors (Lipinski definition) is 0. The van der Waals surface area contributed by atoms with Crippen molar-refractivity contribution < 1.29 is 13.2 Å². The Bertz CT molecular complexity index is 802. The molecule has 28 heavy (non-hydrogen) atoms. The van der Waals surface area contributed by atoms with Gasteiger partial charge in [-0.05, 0) is 42.9 Å². The standard InChI is InChI=1S/C21H33N3O3S/c1-17(20(25)23-10-5-6-11-23)22-12-14-24(15-13-22)28(26,27)19-9-7-8-18(16-19)21(2,3)4/h7-9,16-17H,5-6,10-15H2,1-4H3. The number of amides is 1. The van der Waals surface area contributed by atoms with Gasteiger partial charge in [-0.25, -0.2) is 8.42 Å². The lowest BCUT2D eigenvalue weighted by Crippen LogP contribution is -2.55. The Labute approximate surface area is 169 Å². The highest BCUT2D eigenvalue weighted by molar-refractivity contribution is 7.89. The molecule has 0 radical (unpaired) electrons. The van der Waals surface area contributed by atoms with Crippen LogP contribution in [0.15, 0.2) is 29.2 Å². The maximum absolute atomic E-state index is 13.1. The van der Waals surface area contributed by atoms with Gasteiger partial charge in [0.15, 0.2) is 0 Å². The molecule has 1 aromatic carbocycles. The van der Waals surface area contributed by atoms with Crippen LogP contribution in [0.5, 0.6) is 0 Å². The van der Waals surface area contributed by atoms with Crippen LogP contribution in [0.1, 0.15) is 46.1 Å². The molecule has 0 aliphatic carbocycles. The Balaban J connectivity index is 1.66. The molecule has 2 heterocycles. The summed E-state index contributed by atoms with van der Waals surface area (Å²) in [5.41, 5.74) is 0.910. The molecule has 2 fully saturated rings. The number of sulfonamides is 1. The van der Waals surface area contributed by atoms with E-state index in [9.17, 15) is 13.2 Å². The van der Waals surface area contributed by atoms with Crippen molar-refractivity contribution in [3.05, 3.63) is 29.8 Å². The highest BCUT2D eigenvalue weighted by Gasteiger charge is 2.34. The van der Waals surface area contributed by atoms with E-state index in [-0.39, 0.29) is 17.4 Å². The second-order valence-electron chi connectivity index (χ2n) is 8.93. The maximum atomic E-state index is 13.1.